The van der Waals surface area contributed by atoms with Crippen molar-refractivity contribution in [2.45, 2.75) is 49.3 Å². The molecule has 0 amide bonds. The van der Waals surface area contributed by atoms with Crippen LogP contribution in [0.15, 0.2) is 47.4 Å². The maximum atomic E-state index is 13.8. The summed E-state index contributed by atoms with van der Waals surface area (Å²) in [4.78, 5) is 12.4. The van der Waals surface area contributed by atoms with E-state index in [0.29, 0.717) is 17.9 Å². The lowest BCUT2D eigenvalue weighted by Gasteiger charge is -2.42. The van der Waals surface area contributed by atoms with Crippen molar-refractivity contribution in [2.75, 3.05) is 26.5 Å². The molecule has 1 N–H and O–H groups in total. The molecule has 1 aliphatic rings. The lowest BCUT2D eigenvalue weighted by atomic mass is 9.90. The van der Waals surface area contributed by atoms with Gasteiger partial charge in [0.25, 0.3) is 0 Å². The number of unbranched alkanes of at least 4 members (excludes halogenated alkanes) is 1. The van der Waals surface area contributed by atoms with Crippen LogP contribution in [0.25, 0.3) is 0 Å². The van der Waals surface area contributed by atoms with E-state index in [1.54, 1.807) is 55.3 Å². The van der Waals surface area contributed by atoms with Gasteiger partial charge in [0.15, 0.2) is 11.5 Å². The molecule has 0 aliphatic carbocycles. The van der Waals surface area contributed by atoms with Gasteiger partial charge >= 0.3 is 5.97 Å². The summed E-state index contributed by atoms with van der Waals surface area (Å²) in [6, 6.07) is 11.5. The van der Waals surface area contributed by atoms with Gasteiger partial charge in [-0.2, -0.15) is 16.1 Å². The number of ether oxygens (including phenoxy) is 2. The van der Waals surface area contributed by atoms with E-state index in [1.807, 2.05) is 13.0 Å². The number of piperidine rings is 1. The molecule has 2 aromatic rings. The van der Waals surface area contributed by atoms with Crippen LogP contribution in [0.2, 0.25) is 0 Å². The normalized spacial score (nSPS) is 21.2. The van der Waals surface area contributed by atoms with Gasteiger partial charge in [0.2, 0.25) is 10.0 Å². The van der Waals surface area contributed by atoms with Crippen molar-refractivity contribution < 1.29 is 27.8 Å². The van der Waals surface area contributed by atoms with Crippen LogP contribution >= 0.6 is 11.8 Å². The molecule has 186 valence electrons. The fourth-order valence-corrected chi connectivity index (χ4v) is 7.38. The number of hydrogen-bond acceptors (Lipinski definition) is 6. The van der Waals surface area contributed by atoms with Crippen molar-refractivity contribution in [3.8, 4) is 11.5 Å². The predicted molar refractivity (Wildman–Crippen MR) is 134 cm³/mol. The number of carboxylic acid groups (broad SMARTS) is 1. The Balaban J connectivity index is 2.07. The zero-order chi connectivity index (χ0) is 24.9. The molecule has 2 aromatic carbocycles. The lowest BCUT2D eigenvalue weighted by molar-refractivity contribution is -0.143. The summed E-state index contributed by atoms with van der Waals surface area (Å²) in [5, 5.41) is 9.79. The quantitative estimate of drug-likeness (QED) is 0.464. The van der Waals surface area contributed by atoms with E-state index in [0.717, 1.165) is 29.7 Å². The van der Waals surface area contributed by atoms with E-state index in [9.17, 15) is 18.3 Å². The Morgan fingerprint density at radius 2 is 1.79 bits per heavy atom. The average molecular weight is 508 g/mol. The summed E-state index contributed by atoms with van der Waals surface area (Å²) in [5.41, 5.74) is 1.70. The van der Waals surface area contributed by atoms with Crippen molar-refractivity contribution in [1.29, 1.82) is 0 Å². The minimum atomic E-state index is -3.94. The molecule has 3 atom stereocenters. The van der Waals surface area contributed by atoms with E-state index in [-0.39, 0.29) is 16.7 Å². The molecule has 0 radical (unpaired) electrons. The second-order valence-electron chi connectivity index (χ2n) is 8.46. The highest BCUT2D eigenvalue weighted by Gasteiger charge is 2.45. The number of rotatable bonds is 10. The minimum absolute atomic E-state index is 0.0889. The largest absolute Gasteiger partial charge is 0.493 e. The Morgan fingerprint density at radius 3 is 2.38 bits per heavy atom. The molecule has 3 rings (SSSR count). The Morgan fingerprint density at radius 1 is 1.12 bits per heavy atom. The molecule has 0 aromatic heterocycles. The van der Waals surface area contributed by atoms with Gasteiger partial charge in [-0.1, -0.05) is 37.1 Å². The minimum Gasteiger partial charge on any atom is -0.493 e. The highest BCUT2D eigenvalue weighted by atomic mass is 32.2. The van der Waals surface area contributed by atoms with Gasteiger partial charge in [0.05, 0.1) is 31.1 Å². The molecule has 7 nitrogen and oxygen atoms in total. The third kappa shape index (κ3) is 5.70. The summed E-state index contributed by atoms with van der Waals surface area (Å²) < 4.78 is 39.7. The lowest BCUT2D eigenvalue weighted by Crippen LogP contribution is -2.49. The number of aryl methyl sites for hydroxylation is 1. The second-order valence-corrected chi connectivity index (χ2v) is 11.7. The summed E-state index contributed by atoms with van der Waals surface area (Å²) in [6.45, 7) is 3.90. The number of sulfonamides is 1. The Bertz CT molecular complexity index is 1090. The predicted octanol–water partition coefficient (Wildman–Crippen LogP) is 4.75. The number of aliphatic carboxylic acids is 1. The van der Waals surface area contributed by atoms with Crippen LogP contribution < -0.4 is 9.47 Å². The van der Waals surface area contributed by atoms with Crippen molar-refractivity contribution in [3.05, 3.63) is 53.6 Å². The number of methoxy groups -OCH3 is 2. The van der Waals surface area contributed by atoms with Crippen LogP contribution in [0.4, 0.5) is 0 Å². The molecular weight excluding hydrogens is 474 g/mol. The zero-order valence-electron chi connectivity index (χ0n) is 20.1. The van der Waals surface area contributed by atoms with Gasteiger partial charge in [-0.05, 0) is 55.3 Å². The number of carbonyl (C=O) groups is 1. The van der Waals surface area contributed by atoms with Crippen molar-refractivity contribution >= 4 is 27.8 Å². The van der Waals surface area contributed by atoms with Gasteiger partial charge in [0, 0.05) is 11.8 Å². The van der Waals surface area contributed by atoms with Crippen LogP contribution in [-0.4, -0.2) is 55.6 Å². The first-order chi connectivity index (χ1) is 16.2. The topological polar surface area (TPSA) is 93.1 Å². The van der Waals surface area contributed by atoms with Crippen LogP contribution in [-0.2, 0) is 14.8 Å². The highest BCUT2D eigenvalue weighted by Crippen LogP contribution is 2.44. The SMILES string of the molecule is CCCCS[C@@H]1C[C@@H](c2ccc(OC)c(OC)c2)N(S(=O)(=O)c2ccc(C)cc2)C[C@H]1C(=O)O. The molecule has 1 saturated heterocycles. The fourth-order valence-electron chi connectivity index (χ4n) is 4.21. The Kier molecular flexibility index (Phi) is 8.89. The molecule has 0 spiro atoms. The molecule has 0 unspecified atom stereocenters. The van der Waals surface area contributed by atoms with Gasteiger partial charge < -0.3 is 14.6 Å². The number of carboxylic acids is 1. The maximum Gasteiger partial charge on any atom is 0.308 e. The highest BCUT2D eigenvalue weighted by molar-refractivity contribution is 7.99. The molecule has 0 saturated carbocycles. The zero-order valence-corrected chi connectivity index (χ0v) is 21.7. The first-order valence-corrected chi connectivity index (χ1v) is 13.9. The second kappa shape index (κ2) is 11.5. The van der Waals surface area contributed by atoms with Gasteiger partial charge in [-0.3, -0.25) is 4.79 Å². The standard InChI is InChI=1S/C25H33NO6S2/c1-5-6-13-33-24-15-21(18-9-12-22(31-3)23(14-18)32-4)26(16-20(24)25(27)28)34(29,30)19-10-7-17(2)8-11-19/h7-12,14,20-21,24H,5-6,13,15-16H2,1-4H3,(H,27,28)/t20-,21+,24-/m1/s1. The third-order valence-corrected chi connectivity index (χ3v) is 9.56. The van der Waals surface area contributed by atoms with Crippen molar-refractivity contribution in [2.24, 2.45) is 5.92 Å². The number of hydrogen-bond donors (Lipinski definition) is 1. The molecule has 1 heterocycles. The van der Waals surface area contributed by atoms with E-state index in [2.05, 4.69) is 6.92 Å². The molecule has 34 heavy (non-hydrogen) atoms. The number of thioether (sulfide) groups is 1. The molecule has 1 fully saturated rings. The Hall–Kier alpha value is -2.23. The smallest absolute Gasteiger partial charge is 0.308 e. The van der Waals surface area contributed by atoms with E-state index >= 15 is 0 Å². The first-order valence-electron chi connectivity index (χ1n) is 11.4. The van der Waals surface area contributed by atoms with Crippen LogP contribution in [0.1, 0.15) is 43.4 Å². The van der Waals surface area contributed by atoms with Crippen LogP contribution in [0, 0.1) is 12.8 Å². The number of nitrogens with zero attached hydrogens (tertiary/aromatic N) is 1. The summed E-state index contributed by atoms with van der Waals surface area (Å²) in [6.07, 6.45) is 2.40. The third-order valence-electron chi connectivity index (χ3n) is 6.20. The fraction of sp³-hybridized carbons (Fsp3) is 0.480. The first kappa shape index (κ1) is 26.4. The molecule has 9 heteroatoms. The van der Waals surface area contributed by atoms with Crippen LogP contribution in [0.3, 0.4) is 0 Å². The van der Waals surface area contributed by atoms with Crippen molar-refractivity contribution in [1.82, 2.24) is 4.31 Å². The Labute approximate surface area is 206 Å². The summed E-state index contributed by atoms with van der Waals surface area (Å²) in [7, 11) is -0.857. The molecular formula is C25H33NO6S2. The molecule has 0 bridgehead atoms. The van der Waals surface area contributed by atoms with Crippen molar-refractivity contribution in [3.63, 3.8) is 0 Å². The van der Waals surface area contributed by atoms with Gasteiger partial charge in [-0.25, -0.2) is 8.42 Å². The van der Waals surface area contributed by atoms with E-state index in [1.165, 1.54) is 11.4 Å². The average Bonchev–Trinajstić information content (AvgIpc) is 2.83. The molecule has 1 aliphatic heterocycles. The van der Waals surface area contributed by atoms with Gasteiger partial charge in [-0.15, -0.1) is 0 Å². The summed E-state index contributed by atoms with van der Waals surface area (Å²) in [5.74, 6) is 0.131. The monoisotopic (exact) mass is 507 g/mol. The maximum absolute atomic E-state index is 13.8. The van der Waals surface area contributed by atoms with E-state index in [4.69, 9.17) is 9.47 Å². The number of benzene rings is 2. The van der Waals surface area contributed by atoms with Gasteiger partial charge in [0.1, 0.15) is 0 Å². The summed E-state index contributed by atoms with van der Waals surface area (Å²) >= 11 is 1.63. The van der Waals surface area contributed by atoms with E-state index < -0.39 is 28.0 Å². The van der Waals surface area contributed by atoms with Crippen LogP contribution in [0.5, 0.6) is 11.5 Å².